The Morgan fingerprint density at radius 1 is 1.29 bits per heavy atom. The van der Waals surface area contributed by atoms with Crippen LogP contribution < -0.4 is 4.74 Å². The van der Waals surface area contributed by atoms with Gasteiger partial charge in [-0.05, 0) is 39.0 Å². The Kier molecular flexibility index (Phi) is 3.96. The highest BCUT2D eigenvalue weighted by Crippen LogP contribution is 2.29. The van der Waals surface area contributed by atoms with Gasteiger partial charge in [0.25, 0.3) is 0 Å². The van der Waals surface area contributed by atoms with Crippen LogP contribution in [0.4, 0.5) is 0 Å². The molecular weight excluding hydrogens is 244 g/mol. The van der Waals surface area contributed by atoms with Crippen molar-refractivity contribution in [2.75, 3.05) is 0 Å². The number of hydrogen-bond donors (Lipinski definition) is 1. The monoisotopic (exact) mass is 258 g/mol. The Morgan fingerprint density at radius 2 is 1.93 bits per heavy atom. The van der Waals surface area contributed by atoms with E-state index in [4.69, 9.17) is 4.74 Å². The number of halogens is 1. The maximum atomic E-state index is 9.54. The van der Waals surface area contributed by atoms with Crippen molar-refractivity contribution < 1.29 is 9.84 Å². The lowest BCUT2D eigenvalue weighted by Gasteiger charge is -2.16. The summed E-state index contributed by atoms with van der Waals surface area (Å²) in [7, 11) is 0. The van der Waals surface area contributed by atoms with Gasteiger partial charge in [-0.15, -0.1) is 0 Å². The summed E-state index contributed by atoms with van der Waals surface area (Å²) in [6.07, 6.45) is -0.394. The highest BCUT2D eigenvalue weighted by molar-refractivity contribution is 9.10. The standard InChI is InChI=1S/C11H15BrO2/c1-7(2)14-11-5-4-9(12)6-10(11)8(3)13/h4-8,13H,1-3H3/t8-/m1/s1. The van der Waals surface area contributed by atoms with Gasteiger partial charge in [0.05, 0.1) is 12.2 Å². The molecule has 1 aromatic rings. The molecule has 1 aromatic carbocycles. The Hall–Kier alpha value is -0.540. The Bertz CT molecular complexity index is 308. The van der Waals surface area contributed by atoms with E-state index in [2.05, 4.69) is 15.9 Å². The van der Waals surface area contributed by atoms with Gasteiger partial charge in [-0.1, -0.05) is 15.9 Å². The zero-order chi connectivity index (χ0) is 10.7. The quantitative estimate of drug-likeness (QED) is 0.902. The summed E-state index contributed by atoms with van der Waals surface area (Å²) in [5.41, 5.74) is 0.813. The van der Waals surface area contributed by atoms with Crippen LogP contribution in [0.2, 0.25) is 0 Å². The summed E-state index contributed by atoms with van der Waals surface area (Å²) in [5, 5.41) is 9.54. The number of rotatable bonds is 3. The third-order valence-corrected chi connectivity index (χ3v) is 2.28. The molecule has 1 atom stereocenters. The molecule has 0 fully saturated rings. The van der Waals surface area contributed by atoms with Crippen LogP contribution in [0.1, 0.15) is 32.4 Å². The summed E-state index contributed by atoms with van der Waals surface area (Å²) in [5.74, 6) is 0.748. The van der Waals surface area contributed by atoms with Crippen LogP contribution in [-0.4, -0.2) is 11.2 Å². The minimum absolute atomic E-state index is 0.119. The molecule has 0 saturated heterocycles. The van der Waals surface area contributed by atoms with Gasteiger partial charge in [0.1, 0.15) is 5.75 Å². The fourth-order valence-corrected chi connectivity index (χ4v) is 1.59. The zero-order valence-electron chi connectivity index (χ0n) is 8.62. The molecule has 0 aliphatic carbocycles. The molecule has 0 aliphatic heterocycles. The molecule has 1 rings (SSSR count). The first-order chi connectivity index (χ1) is 6.50. The lowest BCUT2D eigenvalue weighted by Crippen LogP contribution is -2.08. The molecule has 3 heteroatoms. The molecule has 0 saturated carbocycles. The molecule has 0 aromatic heterocycles. The largest absolute Gasteiger partial charge is 0.491 e. The van der Waals surface area contributed by atoms with E-state index in [1.165, 1.54) is 0 Å². The summed E-state index contributed by atoms with van der Waals surface area (Å²) in [6, 6.07) is 5.65. The number of aliphatic hydroxyl groups excluding tert-OH is 1. The van der Waals surface area contributed by atoms with E-state index in [0.717, 1.165) is 15.8 Å². The second-order valence-corrected chi connectivity index (χ2v) is 4.44. The first-order valence-electron chi connectivity index (χ1n) is 4.65. The molecule has 0 bridgehead atoms. The van der Waals surface area contributed by atoms with Gasteiger partial charge in [0, 0.05) is 10.0 Å². The number of ether oxygens (including phenoxy) is 1. The Balaban J connectivity index is 3.02. The third kappa shape index (κ3) is 3.00. The molecule has 14 heavy (non-hydrogen) atoms. The average Bonchev–Trinajstić information content (AvgIpc) is 2.07. The van der Waals surface area contributed by atoms with Gasteiger partial charge in [-0.25, -0.2) is 0 Å². The lowest BCUT2D eigenvalue weighted by molar-refractivity contribution is 0.183. The number of hydrogen-bond acceptors (Lipinski definition) is 2. The van der Waals surface area contributed by atoms with Gasteiger partial charge in [-0.3, -0.25) is 0 Å². The van der Waals surface area contributed by atoms with Crippen molar-refractivity contribution in [2.45, 2.75) is 33.0 Å². The second kappa shape index (κ2) is 4.80. The normalized spacial score (nSPS) is 13.0. The van der Waals surface area contributed by atoms with Crippen molar-refractivity contribution in [1.29, 1.82) is 0 Å². The maximum absolute atomic E-state index is 9.54. The van der Waals surface area contributed by atoms with Crippen LogP contribution in [-0.2, 0) is 0 Å². The highest BCUT2D eigenvalue weighted by Gasteiger charge is 2.10. The number of benzene rings is 1. The van der Waals surface area contributed by atoms with Crippen molar-refractivity contribution >= 4 is 15.9 Å². The molecule has 0 unspecified atom stereocenters. The second-order valence-electron chi connectivity index (χ2n) is 3.52. The Labute approximate surface area is 93.0 Å². The first kappa shape index (κ1) is 11.5. The van der Waals surface area contributed by atoms with E-state index in [0.29, 0.717) is 0 Å². The summed E-state index contributed by atoms with van der Waals surface area (Å²) in [6.45, 7) is 5.66. The minimum atomic E-state index is -0.513. The lowest BCUT2D eigenvalue weighted by atomic mass is 10.1. The van der Waals surface area contributed by atoms with E-state index < -0.39 is 6.10 Å². The maximum Gasteiger partial charge on any atom is 0.125 e. The van der Waals surface area contributed by atoms with Crippen molar-refractivity contribution in [2.24, 2.45) is 0 Å². The molecule has 2 nitrogen and oxygen atoms in total. The molecular formula is C11H15BrO2. The van der Waals surface area contributed by atoms with Crippen molar-refractivity contribution in [3.63, 3.8) is 0 Å². The molecule has 0 radical (unpaired) electrons. The topological polar surface area (TPSA) is 29.5 Å². The van der Waals surface area contributed by atoms with Crippen LogP contribution in [0, 0.1) is 0 Å². The molecule has 0 amide bonds. The van der Waals surface area contributed by atoms with E-state index in [1.54, 1.807) is 6.92 Å². The molecule has 0 heterocycles. The minimum Gasteiger partial charge on any atom is -0.491 e. The number of aliphatic hydroxyl groups is 1. The summed E-state index contributed by atoms with van der Waals surface area (Å²) >= 11 is 3.36. The third-order valence-electron chi connectivity index (χ3n) is 1.78. The van der Waals surface area contributed by atoms with Gasteiger partial charge < -0.3 is 9.84 Å². The van der Waals surface area contributed by atoms with Crippen LogP contribution in [0.3, 0.4) is 0 Å². The van der Waals surface area contributed by atoms with Gasteiger partial charge >= 0.3 is 0 Å². The SMILES string of the molecule is CC(C)Oc1ccc(Br)cc1[C@@H](C)O. The molecule has 1 N–H and O–H groups in total. The van der Waals surface area contributed by atoms with E-state index in [9.17, 15) is 5.11 Å². The highest BCUT2D eigenvalue weighted by atomic mass is 79.9. The van der Waals surface area contributed by atoms with Gasteiger partial charge in [-0.2, -0.15) is 0 Å². The smallest absolute Gasteiger partial charge is 0.125 e. The van der Waals surface area contributed by atoms with Crippen molar-refractivity contribution in [3.8, 4) is 5.75 Å². The Morgan fingerprint density at radius 3 is 2.43 bits per heavy atom. The average molecular weight is 259 g/mol. The van der Waals surface area contributed by atoms with Crippen LogP contribution >= 0.6 is 15.9 Å². The van der Waals surface area contributed by atoms with Crippen molar-refractivity contribution in [1.82, 2.24) is 0 Å². The molecule has 0 spiro atoms. The van der Waals surface area contributed by atoms with E-state index in [1.807, 2.05) is 32.0 Å². The molecule has 0 aliphatic rings. The fraction of sp³-hybridized carbons (Fsp3) is 0.455. The predicted octanol–water partition coefficient (Wildman–Crippen LogP) is 3.29. The predicted molar refractivity (Wildman–Crippen MR) is 60.5 cm³/mol. The summed E-state index contributed by atoms with van der Waals surface area (Å²) in [4.78, 5) is 0. The van der Waals surface area contributed by atoms with Crippen LogP contribution in [0.25, 0.3) is 0 Å². The van der Waals surface area contributed by atoms with Crippen molar-refractivity contribution in [3.05, 3.63) is 28.2 Å². The van der Waals surface area contributed by atoms with Gasteiger partial charge in [0.15, 0.2) is 0 Å². The fourth-order valence-electron chi connectivity index (χ4n) is 1.21. The first-order valence-corrected chi connectivity index (χ1v) is 5.44. The summed E-state index contributed by atoms with van der Waals surface area (Å²) < 4.78 is 6.53. The van der Waals surface area contributed by atoms with Gasteiger partial charge in [0.2, 0.25) is 0 Å². The van der Waals surface area contributed by atoms with E-state index >= 15 is 0 Å². The van der Waals surface area contributed by atoms with E-state index in [-0.39, 0.29) is 6.10 Å². The van der Waals surface area contributed by atoms with Crippen LogP contribution in [0.15, 0.2) is 22.7 Å². The molecule has 78 valence electrons. The zero-order valence-corrected chi connectivity index (χ0v) is 10.2. The van der Waals surface area contributed by atoms with Crippen LogP contribution in [0.5, 0.6) is 5.75 Å².